The molecular weight excluding hydrogens is 451 g/mol. The van der Waals surface area contributed by atoms with Gasteiger partial charge in [-0.2, -0.15) is 0 Å². The standard InChI is InChI=1S/C19H20Cl2N4O4S/c1-11(20)7-8-30-19-22-16-15(17(27)23-18(28)24(16)2)25(19)9-13(26)10-29-14-5-3-12(21)4-6-14/h3-7,13,26H,8-10H2,1-2H3,(H,23,27,28)/b11-7-/t13-/m0/s1. The molecule has 0 aliphatic rings. The Morgan fingerprint density at radius 1 is 1.37 bits per heavy atom. The van der Waals surface area contributed by atoms with Crippen LogP contribution in [-0.2, 0) is 13.6 Å². The summed E-state index contributed by atoms with van der Waals surface area (Å²) in [7, 11) is 1.52. The van der Waals surface area contributed by atoms with Crippen LogP contribution >= 0.6 is 35.0 Å². The molecule has 0 saturated carbocycles. The Balaban J connectivity index is 1.88. The third-order valence-electron chi connectivity index (χ3n) is 4.20. The molecule has 0 amide bonds. The zero-order chi connectivity index (χ0) is 21.8. The van der Waals surface area contributed by atoms with Crippen molar-refractivity contribution in [1.29, 1.82) is 0 Å². The predicted molar refractivity (Wildman–Crippen MR) is 119 cm³/mol. The summed E-state index contributed by atoms with van der Waals surface area (Å²) in [5, 5.41) is 12.2. The van der Waals surface area contributed by atoms with Gasteiger partial charge in [0.25, 0.3) is 5.56 Å². The van der Waals surface area contributed by atoms with Crippen LogP contribution in [0, 0.1) is 0 Å². The summed E-state index contributed by atoms with van der Waals surface area (Å²) in [5.41, 5.74) is -0.681. The van der Waals surface area contributed by atoms with E-state index in [1.165, 1.54) is 23.4 Å². The van der Waals surface area contributed by atoms with Gasteiger partial charge < -0.3 is 14.4 Å². The summed E-state index contributed by atoms with van der Waals surface area (Å²) in [6.07, 6.45) is 0.874. The van der Waals surface area contributed by atoms with Crippen LogP contribution in [0.5, 0.6) is 5.75 Å². The molecule has 2 aromatic heterocycles. The van der Waals surface area contributed by atoms with Gasteiger partial charge in [0.15, 0.2) is 16.3 Å². The number of nitrogens with one attached hydrogen (secondary N) is 1. The van der Waals surface area contributed by atoms with Gasteiger partial charge in [0.05, 0.1) is 6.54 Å². The van der Waals surface area contributed by atoms with Crippen molar-refractivity contribution in [2.45, 2.75) is 24.7 Å². The molecule has 1 atom stereocenters. The van der Waals surface area contributed by atoms with Crippen molar-refractivity contribution in [3.8, 4) is 5.75 Å². The second kappa shape index (κ2) is 9.74. The van der Waals surface area contributed by atoms with Gasteiger partial charge in [0, 0.05) is 22.9 Å². The summed E-state index contributed by atoms with van der Waals surface area (Å²) < 4.78 is 8.44. The summed E-state index contributed by atoms with van der Waals surface area (Å²) >= 11 is 13.1. The molecule has 0 aliphatic heterocycles. The van der Waals surface area contributed by atoms with E-state index in [1.807, 2.05) is 0 Å². The Morgan fingerprint density at radius 2 is 2.07 bits per heavy atom. The van der Waals surface area contributed by atoms with Crippen LogP contribution in [0.25, 0.3) is 11.2 Å². The molecule has 0 spiro atoms. The number of hydrogen-bond acceptors (Lipinski definition) is 6. The molecule has 3 rings (SSSR count). The summed E-state index contributed by atoms with van der Waals surface area (Å²) in [5.74, 6) is 1.08. The molecule has 0 fully saturated rings. The van der Waals surface area contributed by atoms with Crippen molar-refractivity contribution in [3.05, 3.63) is 61.2 Å². The lowest BCUT2D eigenvalue weighted by Crippen LogP contribution is -2.30. The van der Waals surface area contributed by atoms with Crippen molar-refractivity contribution in [2.75, 3.05) is 12.4 Å². The molecule has 11 heteroatoms. The summed E-state index contributed by atoms with van der Waals surface area (Å²) in [4.78, 5) is 31.1. The summed E-state index contributed by atoms with van der Waals surface area (Å²) in [6.45, 7) is 1.81. The number of fused-ring (bicyclic) bond motifs is 1. The number of H-pyrrole nitrogens is 1. The third kappa shape index (κ3) is 5.28. The van der Waals surface area contributed by atoms with Gasteiger partial charge in [-0.05, 0) is 31.2 Å². The number of allylic oxidation sites excluding steroid dienone is 1. The molecule has 30 heavy (non-hydrogen) atoms. The zero-order valence-corrected chi connectivity index (χ0v) is 18.6. The first-order chi connectivity index (χ1) is 14.3. The molecule has 0 aliphatic carbocycles. The number of thioether (sulfide) groups is 1. The second-order valence-corrected chi connectivity index (χ2v) is 8.54. The number of ether oxygens (including phenoxy) is 1. The maximum Gasteiger partial charge on any atom is 0.329 e. The normalized spacial score (nSPS) is 13.0. The van der Waals surface area contributed by atoms with E-state index in [0.717, 1.165) is 0 Å². The maximum absolute atomic E-state index is 12.5. The molecule has 160 valence electrons. The van der Waals surface area contributed by atoms with Gasteiger partial charge in [-0.3, -0.25) is 14.3 Å². The Morgan fingerprint density at radius 3 is 2.73 bits per heavy atom. The third-order valence-corrected chi connectivity index (χ3v) is 5.51. The molecule has 0 radical (unpaired) electrons. The smallest absolute Gasteiger partial charge is 0.329 e. The van der Waals surface area contributed by atoms with E-state index in [-0.39, 0.29) is 24.3 Å². The largest absolute Gasteiger partial charge is 0.491 e. The van der Waals surface area contributed by atoms with Crippen LogP contribution in [0.2, 0.25) is 5.02 Å². The summed E-state index contributed by atoms with van der Waals surface area (Å²) in [6, 6.07) is 6.77. The maximum atomic E-state index is 12.5. The highest BCUT2D eigenvalue weighted by Gasteiger charge is 2.20. The number of imidazole rings is 1. The quantitative estimate of drug-likeness (QED) is 0.490. The van der Waals surface area contributed by atoms with Crippen molar-refractivity contribution in [1.82, 2.24) is 19.1 Å². The van der Waals surface area contributed by atoms with Crippen molar-refractivity contribution < 1.29 is 9.84 Å². The van der Waals surface area contributed by atoms with Gasteiger partial charge in [-0.15, -0.1) is 0 Å². The number of aryl methyl sites for hydroxylation is 1. The van der Waals surface area contributed by atoms with Crippen LogP contribution in [0.4, 0.5) is 0 Å². The molecule has 0 bridgehead atoms. The van der Waals surface area contributed by atoms with E-state index in [9.17, 15) is 14.7 Å². The minimum atomic E-state index is -0.931. The molecule has 2 heterocycles. The highest BCUT2D eigenvalue weighted by molar-refractivity contribution is 7.99. The number of aliphatic hydroxyl groups is 1. The van der Waals surface area contributed by atoms with E-state index in [0.29, 0.717) is 26.7 Å². The highest BCUT2D eigenvalue weighted by atomic mass is 35.5. The fourth-order valence-corrected chi connectivity index (χ4v) is 3.96. The van der Waals surface area contributed by atoms with Gasteiger partial charge in [-0.25, -0.2) is 9.78 Å². The Hall–Kier alpha value is -2.20. The number of nitrogens with zero attached hydrogens (tertiary/aromatic N) is 3. The number of aliphatic hydroxyl groups excluding tert-OH is 1. The molecule has 1 aromatic carbocycles. The number of aromatic nitrogens is 4. The lowest BCUT2D eigenvalue weighted by atomic mass is 10.3. The molecule has 0 saturated heterocycles. The van der Waals surface area contributed by atoms with Crippen LogP contribution in [0.1, 0.15) is 6.92 Å². The minimum Gasteiger partial charge on any atom is -0.491 e. The van der Waals surface area contributed by atoms with E-state index in [1.54, 1.807) is 41.8 Å². The van der Waals surface area contributed by atoms with E-state index >= 15 is 0 Å². The van der Waals surface area contributed by atoms with E-state index in [4.69, 9.17) is 27.9 Å². The Bertz CT molecular complexity index is 1180. The molecule has 3 aromatic rings. The van der Waals surface area contributed by atoms with Crippen LogP contribution < -0.4 is 16.0 Å². The van der Waals surface area contributed by atoms with Gasteiger partial charge in [-0.1, -0.05) is 41.0 Å². The first-order valence-corrected chi connectivity index (χ1v) is 10.7. The Labute approximate surface area is 186 Å². The topological polar surface area (TPSA) is 102 Å². The molecular formula is C19H20Cl2N4O4S. The predicted octanol–water partition coefficient (Wildman–Crippen LogP) is 2.75. The SMILES string of the molecule is C/C(Cl)=C/CSc1nc2c(c(=O)[nH]c(=O)n2C)n1C[C@H](O)COc1ccc(Cl)cc1. The molecule has 0 unspecified atom stereocenters. The number of rotatable bonds is 8. The first kappa shape index (κ1) is 22.5. The first-order valence-electron chi connectivity index (χ1n) is 8.97. The monoisotopic (exact) mass is 470 g/mol. The minimum absolute atomic E-state index is 0.00419. The lowest BCUT2D eigenvalue weighted by molar-refractivity contribution is 0.0914. The van der Waals surface area contributed by atoms with Crippen LogP contribution in [0.15, 0.2) is 50.1 Å². The average molecular weight is 471 g/mol. The zero-order valence-electron chi connectivity index (χ0n) is 16.3. The average Bonchev–Trinajstić information content (AvgIpc) is 3.04. The van der Waals surface area contributed by atoms with E-state index in [2.05, 4.69) is 9.97 Å². The number of halogens is 2. The number of benzene rings is 1. The fourth-order valence-electron chi connectivity index (χ4n) is 2.71. The fraction of sp³-hybridized carbons (Fsp3) is 0.316. The van der Waals surface area contributed by atoms with Crippen LogP contribution in [-0.4, -0.2) is 42.7 Å². The van der Waals surface area contributed by atoms with Gasteiger partial charge in [0.1, 0.15) is 18.5 Å². The molecule has 2 N–H and O–H groups in total. The molecule has 8 nitrogen and oxygen atoms in total. The Kier molecular flexibility index (Phi) is 7.30. The van der Waals surface area contributed by atoms with Gasteiger partial charge in [0.2, 0.25) is 0 Å². The van der Waals surface area contributed by atoms with Crippen molar-refractivity contribution in [2.24, 2.45) is 7.05 Å². The number of hydrogen-bond donors (Lipinski definition) is 2. The highest BCUT2D eigenvalue weighted by Crippen LogP contribution is 2.23. The van der Waals surface area contributed by atoms with Crippen LogP contribution in [0.3, 0.4) is 0 Å². The van der Waals surface area contributed by atoms with E-state index < -0.39 is 17.4 Å². The number of aromatic amines is 1. The van der Waals surface area contributed by atoms with Crippen molar-refractivity contribution >= 4 is 46.1 Å². The van der Waals surface area contributed by atoms with Crippen molar-refractivity contribution in [3.63, 3.8) is 0 Å². The lowest BCUT2D eigenvalue weighted by Gasteiger charge is -2.15. The second-order valence-electron chi connectivity index (χ2n) is 6.52. The van der Waals surface area contributed by atoms with Gasteiger partial charge >= 0.3 is 5.69 Å².